The van der Waals surface area contributed by atoms with Gasteiger partial charge in [0, 0.05) is 77.0 Å². The minimum atomic E-state index is -0.978. The summed E-state index contributed by atoms with van der Waals surface area (Å²) in [6.45, 7) is 12.1. The van der Waals surface area contributed by atoms with E-state index in [1.54, 1.807) is 23.2 Å². The molecule has 0 bridgehead atoms. The maximum absolute atomic E-state index is 13.5. The van der Waals surface area contributed by atoms with Crippen LogP contribution in [0.2, 0.25) is 0 Å². The molecular weight excluding hydrogens is 626 g/mol. The van der Waals surface area contributed by atoms with Crippen LogP contribution in [0.25, 0.3) is 0 Å². The van der Waals surface area contributed by atoms with Crippen LogP contribution in [0, 0.1) is 11.8 Å². The number of amides is 5. The van der Waals surface area contributed by atoms with Crippen LogP contribution in [0.1, 0.15) is 72.7 Å². The highest BCUT2D eigenvalue weighted by Gasteiger charge is 2.46. The Morgan fingerprint density at radius 3 is 2.35 bits per heavy atom. The van der Waals surface area contributed by atoms with Gasteiger partial charge in [0.1, 0.15) is 17.5 Å². The molecule has 3 saturated heterocycles. The molecule has 1 aromatic heterocycles. The molecule has 0 radical (unpaired) electrons. The molecule has 5 heterocycles. The molecule has 258 valence electrons. The first-order valence-electron chi connectivity index (χ1n) is 17.0. The normalized spacial score (nSPS) is 20.2. The smallest absolute Gasteiger partial charge is 0.410 e. The number of aromatic nitrogens is 1. The number of rotatable bonds is 6. The lowest BCUT2D eigenvalue weighted by molar-refractivity contribution is -0.136. The summed E-state index contributed by atoms with van der Waals surface area (Å²) in [6.07, 6.45) is 3.43. The fourth-order valence-corrected chi connectivity index (χ4v) is 6.62. The van der Waals surface area contributed by atoms with Crippen molar-refractivity contribution in [2.45, 2.75) is 58.1 Å². The molecule has 3 fully saturated rings. The molecule has 1 N–H and O–H groups in total. The summed E-state index contributed by atoms with van der Waals surface area (Å²) >= 11 is 0. The summed E-state index contributed by atoms with van der Waals surface area (Å²) in [6, 6.07) is 8.24. The Labute approximate surface area is 286 Å². The number of carbonyl (C=O) groups excluding carboxylic acids is 5. The van der Waals surface area contributed by atoms with E-state index in [4.69, 9.17) is 4.74 Å². The van der Waals surface area contributed by atoms with Crippen LogP contribution in [-0.2, 0) is 14.3 Å². The second-order valence-corrected chi connectivity index (χ2v) is 13.7. The lowest BCUT2D eigenvalue weighted by atomic mass is 10.0. The second kappa shape index (κ2) is 14.3. The standard InChI is InChI=1S/C36H43N7O6/c1-36(2,3)49-35(48)42-22-20-41(21-23-42)29-13-11-25(24-37-29)8-5-4-6-15-39-16-18-40(19-17-39)27-10-7-9-26-31(27)34(47)43(33(26)46)28-12-14-30(44)38-32(28)45/h7,9-11,13,24,28H,4,6,12,14-23H2,1-3H3,(H,38,44,45). The lowest BCUT2D eigenvalue weighted by Gasteiger charge is -2.36. The van der Waals surface area contributed by atoms with Gasteiger partial charge in [0.15, 0.2) is 0 Å². The Hall–Kier alpha value is -4.96. The van der Waals surface area contributed by atoms with E-state index >= 15 is 0 Å². The topological polar surface area (TPSA) is 136 Å². The quantitative estimate of drug-likeness (QED) is 0.278. The van der Waals surface area contributed by atoms with Crippen molar-refractivity contribution in [3.05, 3.63) is 53.2 Å². The highest BCUT2D eigenvalue weighted by Crippen LogP contribution is 2.34. The Morgan fingerprint density at radius 1 is 0.939 bits per heavy atom. The third-order valence-electron chi connectivity index (χ3n) is 9.17. The van der Waals surface area contributed by atoms with Crippen molar-refractivity contribution in [1.82, 2.24) is 25.0 Å². The molecule has 1 atom stereocenters. The van der Waals surface area contributed by atoms with Crippen molar-refractivity contribution in [3.63, 3.8) is 0 Å². The summed E-state index contributed by atoms with van der Waals surface area (Å²) in [5.41, 5.74) is 1.70. The van der Waals surface area contributed by atoms with Gasteiger partial charge in [-0.2, -0.15) is 0 Å². The van der Waals surface area contributed by atoms with Crippen LogP contribution < -0.4 is 15.1 Å². The highest BCUT2D eigenvalue weighted by molar-refractivity contribution is 6.25. The predicted octanol–water partition coefficient (Wildman–Crippen LogP) is 2.49. The molecule has 4 aliphatic heterocycles. The van der Waals surface area contributed by atoms with Crippen molar-refractivity contribution in [1.29, 1.82) is 0 Å². The molecule has 0 aliphatic carbocycles. The summed E-state index contributed by atoms with van der Waals surface area (Å²) in [4.78, 5) is 77.1. The number of imide groups is 2. The van der Waals surface area contributed by atoms with Gasteiger partial charge in [0.2, 0.25) is 11.8 Å². The number of anilines is 2. The number of fused-ring (bicyclic) bond motifs is 1. The molecule has 49 heavy (non-hydrogen) atoms. The van der Waals surface area contributed by atoms with Gasteiger partial charge in [-0.05, 0) is 64.4 Å². The average molecular weight is 670 g/mol. The maximum Gasteiger partial charge on any atom is 0.410 e. The van der Waals surface area contributed by atoms with Gasteiger partial charge in [0.25, 0.3) is 11.8 Å². The zero-order valence-electron chi connectivity index (χ0n) is 28.4. The third-order valence-corrected chi connectivity index (χ3v) is 9.17. The molecule has 0 saturated carbocycles. The van der Waals surface area contributed by atoms with E-state index in [0.717, 1.165) is 48.8 Å². The van der Waals surface area contributed by atoms with Gasteiger partial charge < -0.3 is 19.4 Å². The largest absolute Gasteiger partial charge is 0.444 e. The van der Waals surface area contributed by atoms with Crippen LogP contribution in [0.4, 0.5) is 16.3 Å². The van der Waals surface area contributed by atoms with Crippen LogP contribution in [0.5, 0.6) is 0 Å². The van der Waals surface area contributed by atoms with Gasteiger partial charge in [0.05, 0.1) is 16.8 Å². The number of nitrogens with one attached hydrogen (secondary N) is 1. The van der Waals surface area contributed by atoms with E-state index < -0.39 is 35.3 Å². The number of benzene rings is 1. The molecule has 0 spiro atoms. The first-order valence-corrected chi connectivity index (χ1v) is 17.0. The van der Waals surface area contributed by atoms with Crippen molar-refractivity contribution >= 4 is 41.2 Å². The predicted molar refractivity (Wildman–Crippen MR) is 182 cm³/mol. The molecule has 1 aromatic carbocycles. The summed E-state index contributed by atoms with van der Waals surface area (Å²) in [5.74, 6) is 5.39. The van der Waals surface area contributed by atoms with E-state index in [1.165, 1.54) is 0 Å². The first-order chi connectivity index (χ1) is 23.5. The number of nitrogens with zero attached hydrogens (tertiary/aromatic N) is 6. The van der Waals surface area contributed by atoms with E-state index in [9.17, 15) is 24.0 Å². The number of hydrogen-bond acceptors (Lipinski definition) is 10. The number of piperazine rings is 2. The number of pyridine rings is 1. The van der Waals surface area contributed by atoms with Crippen molar-refractivity contribution in [3.8, 4) is 11.8 Å². The van der Waals surface area contributed by atoms with Crippen LogP contribution in [-0.4, -0.2) is 120 Å². The van der Waals surface area contributed by atoms with E-state index in [0.29, 0.717) is 56.1 Å². The zero-order valence-corrected chi connectivity index (χ0v) is 28.4. The summed E-state index contributed by atoms with van der Waals surface area (Å²) in [7, 11) is 0. The lowest BCUT2D eigenvalue weighted by Crippen LogP contribution is -2.54. The van der Waals surface area contributed by atoms with Gasteiger partial charge in [-0.3, -0.25) is 34.3 Å². The first kappa shape index (κ1) is 33.9. The van der Waals surface area contributed by atoms with Crippen LogP contribution >= 0.6 is 0 Å². The van der Waals surface area contributed by atoms with Crippen molar-refractivity contribution in [2.75, 3.05) is 68.7 Å². The minimum Gasteiger partial charge on any atom is -0.444 e. The molecule has 5 amide bonds. The Kier molecular flexibility index (Phi) is 9.87. The van der Waals surface area contributed by atoms with Gasteiger partial charge in [-0.1, -0.05) is 17.9 Å². The van der Waals surface area contributed by atoms with Crippen LogP contribution in [0.3, 0.4) is 0 Å². The molecule has 13 heteroatoms. The molecule has 1 unspecified atom stereocenters. The molecular formula is C36H43N7O6. The SMILES string of the molecule is CC(C)(C)OC(=O)N1CCN(c2ccc(C#CCCCN3CCN(c4cccc5c4C(=O)N(C4CCC(=O)NC4=O)C5=O)CC3)cn2)CC1. The van der Waals surface area contributed by atoms with Crippen LogP contribution in [0.15, 0.2) is 36.5 Å². The molecule has 4 aliphatic rings. The average Bonchev–Trinajstić information content (AvgIpc) is 3.33. The Morgan fingerprint density at radius 2 is 1.67 bits per heavy atom. The van der Waals surface area contributed by atoms with E-state index in [1.807, 2.05) is 39.0 Å². The van der Waals surface area contributed by atoms with Crippen molar-refractivity contribution in [2.24, 2.45) is 0 Å². The van der Waals surface area contributed by atoms with E-state index in [-0.39, 0.29) is 18.9 Å². The monoisotopic (exact) mass is 669 g/mol. The summed E-state index contributed by atoms with van der Waals surface area (Å²) < 4.78 is 5.48. The maximum atomic E-state index is 13.5. The third kappa shape index (κ3) is 7.70. The Balaban J connectivity index is 0.940. The minimum absolute atomic E-state index is 0.0907. The number of piperidine rings is 1. The Bertz CT molecular complexity index is 1680. The number of hydrogen-bond donors (Lipinski definition) is 1. The number of unbranched alkanes of at least 4 members (excludes halogenated alkanes) is 1. The second-order valence-electron chi connectivity index (χ2n) is 13.7. The van der Waals surface area contributed by atoms with Gasteiger partial charge >= 0.3 is 6.09 Å². The molecule has 6 rings (SSSR count). The van der Waals surface area contributed by atoms with E-state index in [2.05, 4.69) is 36.8 Å². The summed E-state index contributed by atoms with van der Waals surface area (Å²) in [5, 5.41) is 2.25. The fourth-order valence-electron chi connectivity index (χ4n) is 6.62. The fraction of sp³-hybridized carbons (Fsp3) is 0.500. The van der Waals surface area contributed by atoms with Crippen molar-refractivity contribution < 1.29 is 28.7 Å². The molecule has 13 nitrogen and oxygen atoms in total. The zero-order chi connectivity index (χ0) is 34.7. The highest BCUT2D eigenvalue weighted by atomic mass is 16.6. The number of carbonyl (C=O) groups is 5. The number of ether oxygens (including phenoxy) is 1. The van der Waals surface area contributed by atoms with Gasteiger partial charge in [-0.15, -0.1) is 0 Å². The van der Waals surface area contributed by atoms with Gasteiger partial charge in [-0.25, -0.2) is 9.78 Å². The molecule has 2 aromatic rings.